The van der Waals surface area contributed by atoms with Crippen molar-refractivity contribution in [2.75, 3.05) is 0 Å². The lowest BCUT2D eigenvalue weighted by atomic mass is 10.0. The Morgan fingerprint density at radius 3 is 2.10 bits per heavy atom. The third-order valence-electron chi connectivity index (χ3n) is 3.90. The van der Waals surface area contributed by atoms with Crippen LogP contribution < -0.4 is 0 Å². The first kappa shape index (κ1) is 18.2. The van der Waals surface area contributed by atoms with Gasteiger partial charge in [0.15, 0.2) is 0 Å². The summed E-state index contributed by atoms with van der Waals surface area (Å²) >= 11 is 0. The summed E-state index contributed by atoms with van der Waals surface area (Å²) in [7, 11) is 0. The Hall–Kier alpha value is -0.870. The zero-order valence-corrected chi connectivity index (χ0v) is 13.4. The van der Waals surface area contributed by atoms with Gasteiger partial charge in [-0.2, -0.15) is 0 Å². The van der Waals surface area contributed by atoms with Crippen LogP contribution >= 0.6 is 0 Å². The van der Waals surface area contributed by atoms with Crippen molar-refractivity contribution in [1.82, 2.24) is 0 Å². The first-order chi connectivity index (χ1) is 9.96. The van der Waals surface area contributed by atoms with Gasteiger partial charge in [-0.3, -0.25) is 0 Å². The van der Waals surface area contributed by atoms with E-state index in [1.54, 1.807) is 0 Å². The van der Waals surface area contributed by atoms with Crippen molar-refractivity contribution in [2.24, 2.45) is 0 Å². The van der Waals surface area contributed by atoms with Crippen molar-refractivity contribution >= 4 is 5.97 Å². The highest BCUT2D eigenvalue weighted by molar-refractivity contribution is 5.92. The van der Waals surface area contributed by atoms with E-state index in [0.29, 0.717) is 6.42 Å². The van der Waals surface area contributed by atoms with Crippen molar-refractivity contribution < 1.29 is 19.7 Å². The quantitative estimate of drug-likeness (QED) is 0.453. The van der Waals surface area contributed by atoms with E-state index in [4.69, 9.17) is 4.74 Å². The highest BCUT2D eigenvalue weighted by atomic mass is 16.7. The molecule has 21 heavy (non-hydrogen) atoms. The Bertz CT molecular complexity index is 347. The SMILES string of the molecule is CCCCCCCCCCC[C@H](O)C1=C[C@@](C)(O)OC1=O. The maximum Gasteiger partial charge on any atom is 0.339 e. The van der Waals surface area contributed by atoms with Gasteiger partial charge in [0.2, 0.25) is 5.79 Å². The lowest BCUT2D eigenvalue weighted by molar-refractivity contribution is -0.173. The Morgan fingerprint density at radius 2 is 1.62 bits per heavy atom. The molecule has 1 aliphatic rings. The lowest BCUT2D eigenvalue weighted by Gasteiger charge is -2.11. The normalized spacial score (nSPS) is 23.0. The molecular formula is C17H30O4. The molecule has 0 aromatic carbocycles. The van der Waals surface area contributed by atoms with Crippen LogP contribution in [0.4, 0.5) is 0 Å². The molecule has 0 aromatic heterocycles. The molecule has 0 spiro atoms. The number of hydrogen-bond donors (Lipinski definition) is 2. The van der Waals surface area contributed by atoms with Crippen LogP contribution in [0, 0.1) is 0 Å². The highest BCUT2D eigenvalue weighted by Gasteiger charge is 2.36. The molecule has 0 unspecified atom stereocenters. The number of rotatable bonds is 11. The van der Waals surface area contributed by atoms with Crippen LogP contribution in [0.5, 0.6) is 0 Å². The van der Waals surface area contributed by atoms with Crippen molar-refractivity contribution in [3.8, 4) is 0 Å². The molecule has 4 heteroatoms. The minimum Gasteiger partial charge on any atom is -0.426 e. The summed E-state index contributed by atoms with van der Waals surface area (Å²) in [6.45, 7) is 3.61. The fourth-order valence-electron chi connectivity index (χ4n) is 2.66. The van der Waals surface area contributed by atoms with E-state index >= 15 is 0 Å². The summed E-state index contributed by atoms with van der Waals surface area (Å²) in [6, 6.07) is 0. The minimum absolute atomic E-state index is 0.194. The van der Waals surface area contributed by atoms with Crippen LogP contribution in [0.25, 0.3) is 0 Å². The molecule has 0 fully saturated rings. The molecule has 1 aliphatic heterocycles. The number of aliphatic hydroxyl groups excluding tert-OH is 1. The number of unbranched alkanes of at least 4 members (excludes halogenated alkanes) is 8. The number of hydrogen-bond acceptors (Lipinski definition) is 4. The first-order valence-corrected chi connectivity index (χ1v) is 8.33. The molecule has 0 bridgehead atoms. The van der Waals surface area contributed by atoms with E-state index in [1.165, 1.54) is 57.9 Å². The summed E-state index contributed by atoms with van der Waals surface area (Å²) in [5.74, 6) is -2.17. The number of esters is 1. The summed E-state index contributed by atoms with van der Waals surface area (Å²) in [5.41, 5.74) is 0.194. The second kappa shape index (κ2) is 9.21. The second-order valence-electron chi connectivity index (χ2n) is 6.18. The van der Waals surface area contributed by atoms with Crippen LogP contribution in [0.1, 0.15) is 78.1 Å². The van der Waals surface area contributed by atoms with Gasteiger partial charge in [-0.05, 0) is 12.5 Å². The first-order valence-electron chi connectivity index (χ1n) is 8.33. The predicted molar refractivity (Wildman–Crippen MR) is 82.6 cm³/mol. The lowest BCUT2D eigenvalue weighted by Crippen LogP contribution is -2.22. The van der Waals surface area contributed by atoms with Gasteiger partial charge in [-0.25, -0.2) is 4.79 Å². The van der Waals surface area contributed by atoms with Gasteiger partial charge < -0.3 is 14.9 Å². The topological polar surface area (TPSA) is 66.8 Å². The molecule has 4 nitrogen and oxygen atoms in total. The van der Waals surface area contributed by atoms with Gasteiger partial charge in [-0.15, -0.1) is 0 Å². The van der Waals surface area contributed by atoms with Gasteiger partial charge in [0, 0.05) is 6.92 Å². The van der Waals surface area contributed by atoms with Gasteiger partial charge in [-0.1, -0.05) is 64.7 Å². The molecule has 1 rings (SSSR count). The van der Waals surface area contributed by atoms with Crippen LogP contribution in [0.2, 0.25) is 0 Å². The number of ether oxygens (including phenoxy) is 1. The van der Waals surface area contributed by atoms with Gasteiger partial charge >= 0.3 is 5.97 Å². The van der Waals surface area contributed by atoms with Crippen LogP contribution in [0.3, 0.4) is 0 Å². The van der Waals surface area contributed by atoms with Crippen molar-refractivity contribution in [3.63, 3.8) is 0 Å². The molecule has 1 heterocycles. The maximum atomic E-state index is 11.5. The summed E-state index contributed by atoms with van der Waals surface area (Å²) < 4.78 is 4.74. The number of carbonyl (C=O) groups is 1. The number of carbonyl (C=O) groups excluding carboxylic acids is 1. The van der Waals surface area contributed by atoms with E-state index in [1.807, 2.05) is 0 Å². The molecule has 0 aromatic rings. The molecule has 0 amide bonds. The summed E-state index contributed by atoms with van der Waals surface area (Å²) in [6.07, 6.45) is 12.0. The van der Waals surface area contributed by atoms with E-state index in [9.17, 15) is 15.0 Å². The van der Waals surface area contributed by atoms with Crippen molar-refractivity contribution in [3.05, 3.63) is 11.6 Å². The Labute approximate surface area is 128 Å². The predicted octanol–water partition coefficient (Wildman–Crippen LogP) is 3.46. The molecule has 0 saturated heterocycles. The van der Waals surface area contributed by atoms with Crippen molar-refractivity contribution in [1.29, 1.82) is 0 Å². The Balaban J connectivity index is 2.06. The van der Waals surface area contributed by atoms with Crippen LogP contribution in [-0.2, 0) is 9.53 Å². The number of aliphatic hydroxyl groups is 2. The smallest absolute Gasteiger partial charge is 0.339 e. The largest absolute Gasteiger partial charge is 0.426 e. The highest BCUT2D eigenvalue weighted by Crippen LogP contribution is 2.25. The summed E-state index contributed by atoms with van der Waals surface area (Å²) in [5, 5.41) is 19.6. The van der Waals surface area contributed by atoms with Gasteiger partial charge in [0.1, 0.15) is 0 Å². The summed E-state index contributed by atoms with van der Waals surface area (Å²) in [4.78, 5) is 11.5. The van der Waals surface area contributed by atoms with E-state index in [2.05, 4.69) is 6.92 Å². The minimum atomic E-state index is -1.56. The molecule has 0 aliphatic carbocycles. The molecule has 2 N–H and O–H groups in total. The van der Waals surface area contributed by atoms with E-state index < -0.39 is 17.9 Å². The average Bonchev–Trinajstić information content (AvgIpc) is 2.70. The maximum absolute atomic E-state index is 11.5. The fourth-order valence-corrected chi connectivity index (χ4v) is 2.66. The zero-order chi connectivity index (χ0) is 15.7. The van der Waals surface area contributed by atoms with Gasteiger partial charge in [0.05, 0.1) is 11.7 Å². The Kier molecular flexibility index (Phi) is 7.97. The zero-order valence-electron chi connectivity index (χ0n) is 13.4. The number of cyclic esters (lactones) is 1. The second-order valence-corrected chi connectivity index (χ2v) is 6.18. The molecule has 122 valence electrons. The van der Waals surface area contributed by atoms with Crippen LogP contribution in [-0.4, -0.2) is 28.1 Å². The average molecular weight is 298 g/mol. The van der Waals surface area contributed by atoms with Gasteiger partial charge in [0.25, 0.3) is 0 Å². The molecule has 2 atom stereocenters. The fraction of sp³-hybridized carbons (Fsp3) is 0.824. The van der Waals surface area contributed by atoms with E-state index in [0.717, 1.165) is 12.8 Å². The van der Waals surface area contributed by atoms with Crippen molar-refractivity contribution in [2.45, 2.75) is 89.9 Å². The third-order valence-corrected chi connectivity index (χ3v) is 3.90. The Morgan fingerprint density at radius 1 is 1.10 bits per heavy atom. The monoisotopic (exact) mass is 298 g/mol. The molecule has 0 radical (unpaired) electrons. The van der Waals surface area contributed by atoms with Crippen LogP contribution in [0.15, 0.2) is 11.6 Å². The molecule has 0 saturated carbocycles. The third kappa shape index (κ3) is 7.09. The van der Waals surface area contributed by atoms with E-state index in [-0.39, 0.29) is 5.57 Å². The standard InChI is InChI=1S/C17H30O4/c1-3-4-5-6-7-8-9-10-11-12-15(18)14-13-17(2,20)21-16(14)19/h13,15,18,20H,3-12H2,1-2H3/t15-,17-/m0/s1. The molecular weight excluding hydrogens is 268 g/mol.